The maximum Gasteiger partial charge on any atom is 0.193 e. The molecule has 0 saturated carbocycles. The van der Waals surface area contributed by atoms with Gasteiger partial charge in [0.05, 0.1) is 6.54 Å². The van der Waals surface area contributed by atoms with Gasteiger partial charge in [-0.15, -0.1) is 30.6 Å². The van der Waals surface area contributed by atoms with Crippen molar-refractivity contribution in [2.24, 2.45) is 4.99 Å². The zero-order valence-electron chi connectivity index (χ0n) is 12.9. The SMILES string of the molecule is C=CCCCN(C)C(=NCc1ccc(O)cc1)NCC.I. The van der Waals surface area contributed by atoms with E-state index in [1.54, 1.807) is 12.1 Å². The predicted octanol–water partition coefficient (Wildman–Crippen LogP) is 3.37. The Bertz CT molecular complexity index is 432. The average molecular weight is 403 g/mol. The molecule has 0 aromatic heterocycles. The second kappa shape index (κ2) is 11.4. The number of guanidine groups is 1. The quantitative estimate of drug-likeness (QED) is 0.241. The molecule has 21 heavy (non-hydrogen) atoms. The number of rotatable bonds is 7. The van der Waals surface area contributed by atoms with Crippen LogP contribution in [-0.4, -0.2) is 36.1 Å². The Morgan fingerprint density at radius 1 is 1.38 bits per heavy atom. The monoisotopic (exact) mass is 403 g/mol. The van der Waals surface area contributed by atoms with E-state index in [0.717, 1.165) is 37.5 Å². The molecule has 0 bridgehead atoms. The van der Waals surface area contributed by atoms with Crippen LogP contribution in [0.25, 0.3) is 0 Å². The minimum atomic E-state index is 0. The molecule has 1 aromatic rings. The molecule has 0 radical (unpaired) electrons. The van der Waals surface area contributed by atoms with Crippen molar-refractivity contribution in [2.45, 2.75) is 26.3 Å². The molecule has 2 N–H and O–H groups in total. The molecule has 0 atom stereocenters. The maximum atomic E-state index is 9.26. The normalized spacial score (nSPS) is 10.7. The van der Waals surface area contributed by atoms with E-state index in [0.29, 0.717) is 6.54 Å². The number of nitrogens with zero attached hydrogens (tertiary/aromatic N) is 2. The standard InChI is InChI=1S/C16H25N3O.HI/c1-4-6-7-12-19(3)16(17-5-2)18-13-14-8-10-15(20)11-9-14;/h4,8-11,20H,1,5-7,12-13H2,2-3H3,(H,17,18);1H. The Morgan fingerprint density at radius 3 is 2.62 bits per heavy atom. The minimum Gasteiger partial charge on any atom is -0.508 e. The van der Waals surface area contributed by atoms with Crippen LogP contribution in [0.3, 0.4) is 0 Å². The first-order valence-electron chi connectivity index (χ1n) is 7.05. The molecular weight excluding hydrogens is 377 g/mol. The van der Waals surface area contributed by atoms with Crippen LogP contribution >= 0.6 is 24.0 Å². The molecule has 0 heterocycles. The van der Waals surface area contributed by atoms with Gasteiger partial charge in [0.1, 0.15) is 5.75 Å². The summed E-state index contributed by atoms with van der Waals surface area (Å²) in [5.74, 6) is 1.19. The molecule has 0 aliphatic heterocycles. The Balaban J connectivity index is 0.00000400. The summed E-state index contributed by atoms with van der Waals surface area (Å²) < 4.78 is 0. The molecule has 0 fully saturated rings. The molecule has 1 rings (SSSR count). The fourth-order valence-corrected chi connectivity index (χ4v) is 1.82. The van der Waals surface area contributed by atoms with Crippen LogP contribution in [0.4, 0.5) is 0 Å². The van der Waals surface area contributed by atoms with Crippen LogP contribution in [0.5, 0.6) is 5.75 Å². The highest BCUT2D eigenvalue weighted by Gasteiger charge is 2.04. The molecule has 118 valence electrons. The summed E-state index contributed by atoms with van der Waals surface area (Å²) in [6.45, 7) is 8.20. The van der Waals surface area contributed by atoms with Crippen molar-refractivity contribution in [1.82, 2.24) is 10.2 Å². The first kappa shape index (κ1) is 19.8. The van der Waals surface area contributed by atoms with Crippen LogP contribution in [0.15, 0.2) is 41.9 Å². The van der Waals surface area contributed by atoms with Crippen molar-refractivity contribution in [3.8, 4) is 5.75 Å². The third-order valence-electron chi connectivity index (χ3n) is 2.95. The lowest BCUT2D eigenvalue weighted by molar-refractivity contribution is 0.469. The summed E-state index contributed by atoms with van der Waals surface area (Å²) in [6.07, 6.45) is 4.03. The van der Waals surface area contributed by atoms with E-state index in [2.05, 4.69) is 28.7 Å². The van der Waals surface area contributed by atoms with Gasteiger partial charge in [-0.25, -0.2) is 4.99 Å². The molecule has 0 amide bonds. The van der Waals surface area contributed by atoms with Crippen LogP contribution in [-0.2, 0) is 6.54 Å². The molecule has 0 aliphatic carbocycles. The third-order valence-corrected chi connectivity index (χ3v) is 2.95. The number of phenolic OH excluding ortho intramolecular Hbond substituents is 1. The third kappa shape index (κ3) is 7.94. The fraction of sp³-hybridized carbons (Fsp3) is 0.438. The van der Waals surface area contributed by atoms with E-state index in [1.165, 1.54) is 0 Å². The predicted molar refractivity (Wildman–Crippen MR) is 100 cm³/mol. The Morgan fingerprint density at radius 2 is 2.05 bits per heavy atom. The molecule has 1 aromatic carbocycles. The van der Waals surface area contributed by atoms with Crippen molar-refractivity contribution in [3.05, 3.63) is 42.5 Å². The number of aliphatic imine (C=N–C) groups is 1. The lowest BCUT2D eigenvalue weighted by Gasteiger charge is -2.21. The lowest BCUT2D eigenvalue weighted by atomic mass is 10.2. The summed E-state index contributed by atoms with van der Waals surface area (Å²) in [4.78, 5) is 6.75. The first-order chi connectivity index (χ1) is 9.67. The van der Waals surface area contributed by atoms with E-state index in [9.17, 15) is 5.11 Å². The van der Waals surface area contributed by atoms with E-state index in [4.69, 9.17) is 0 Å². The van der Waals surface area contributed by atoms with Gasteiger partial charge < -0.3 is 15.3 Å². The van der Waals surface area contributed by atoms with Crippen LogP contribution in [0, 0.1) is 0 Å². The van der Waals surface area contributed by atoms with Crippen LogP contribution in [0.2, 0.25) is 0 Å². The van der Waals surface area contributed by atoms with Crippen molar-refractivity contribution >= 4 is 29.9 Å². The second-order valence-corrected chi connectivity index (χ2v) is 4.69. The van der Waals surface area contributed by atoms with Gasteiger partial charge in [-0.2, -0.15) is 0 Å². The lowest BCUT2D eigenvalue weighted by Crippen LogP contribution is -2.39. The number of halogens is 1. The zero-order valence-corrected chi connectivity index (χ0v) is 15.2. The number of benzene rings is 1. The van der Waals surface area contributed by atoms with Gasteiger partial charge in [0, 0.05) is 20.1 Å². The Hall–Kier alpha value is -1.24. The van der Waals surface area contributed by atoms with E-state index >= 15 is 0 Å². The second-order valence-electron chi connectivity index (χ2n) is 4.69. The molecule has 0 saturated heterocycles. The van der Waals surface area contributed by atoms with E-state index < -0.39 is 0 Å². The number of hydrogen-bond donors (Lipinski definition) is 2. The molecule has 0 unspecified atom stereocenters. The smallest absolute Gasteiger partial charge is 0.193 e. The Kier molecular flexibility index (Phi) is 10.7. The molecule has 5 heteroatoms. The highest BCUT2D eigenvalue weighted by atomic mass is 127. The topological polar surface area (TPSA) is 47.9 Å². The number of aromatic hydroxyl groups is 1. The zero-order chi connectivity index (χ0) is 14.8. The fourth-order valence-electron chi connectivity index (χ4n) is 1.82. The number of phenols is 1. The van der Waals surface area contributed by atoms with Crippen molar-refractivity contribution in [3.63, 3.8) is 0 Å². The Labute approximate surface area is 145 Å². The highest BCUT2D eigenvalue weighted by molar-refractivity contribution is 14.0. The summed E-state index contributed by atoms with van der Waals surface area (Å²) >= 11 is 0. The van der Waals surface area contributed by atoms with Gasteiger partial charge in [-0.3, -0.25) is 0 Å². The summed E-state index contributed by atoms with van der Waals surface area (Å²) in [5, 5.41) is 12.6. The van der Waals surface area contributed by atoms with Crippen LogP contribution in [0.1, 0.15) is 25.3 Å². The summed E-state index contributed by atoms with van der Waals surface area (Å²) in [5.41, 5.74) is 1.08. The molecule has 0 spiro atoms. The average Bonchev–Trinajstić information content (AvgIpc) is 2.45. The highest BCUT2D eigenvalue weighted by Crippen LogP contribution is 2.10. The van der Waals surface area contributed by atoms with Crippen molar-refractivity contribution in [1.29, 1.82) is 0 Å². The van der Waals surface area contributed by atoms with Gasteiger partial charge in [0.2, 0.25) is 0 Å². The number of nitrogens with one attached hydrogen (secondary N) is 1. The number of hydrogen-bond acceptors (Lipinski definition) is 2. The van der Waals surface area contributed by atoms with Gasteiger partial charge in [0.15, 0.2) is 5.96 Å². The van der Waals surface area contributed by atoms with Crippen LogP contribution < -0.4 is 5.32 Å². The van der Waals surface area contributed by atoms with Gasteiger partial charge in [-0.05, 0) is 37.5 Å². The molecule has 4 nitrogen and oxygen atoms in total. The summed E-state index contributed by atoms with van der Waals surface area (Å²) in [6, 6.07) is 7.15. The first-order valence-corrected chi connectivity index (χ1v) is 7.05. The minimum absolute atomic E-state index is 0. The van der Waals surface area contributed by atoms with Gasteiger partial charge in [-0.1, -0.05) is 18.2 Å². The number of unbranched alkanes of at least 4 members (excludes halogenated alkanes) is 1. The number of allylic oxidation sites excluding steroid dienone is 1. The van der Waals surface area contributed by atoms with E-state index in [-0.39, 0.29) is 29.7 Å². The van der Waals surface area contributed by atoms with Gasteiger partial charge in [0.25, 0.3) is 0 Å². The van der Waals surface area contributed by atoms with Crippen molar-refractivity contribution in [2.75, 3.05) is 20.1 Å². The maximum absolute atomic E-state index is 9.26. The largest absolute Gasteiger partial charge is 0.508 e. The molecule has 0 aliphatic rings. The van der Waals surface area contributed by atoms with Crippen molar-refractivity contribution < 1.29 is 5.11 Å². The van der Waals surface area contributed by atoms with E-state index in [1.807, 2.05) is 25.3 Å². The molecular formula is C16H26IN3O. The summed E-state index contributed by atoms with van der Waals surface area (Å²) in [7, 11) is 2.04. The van der Waals surface area contributed by atoms with Gasteiger partial charge >= 0.3 is 0 Å².